The summed E-state index contributed by atoms with van der Waals surface area (Å²) in [5.74, 6) is 0.865. The van der Waals surface area contributed by atoms with Gasteiger partial charge >= 0.3 is 0 Å². The van der Waals surface area contributed by atoms with E-state index in [1.807, 2.05) is 62.4 Å². The van der Waals surface area contributed by atoms with Crippen molar-refractivity contribution in [2.75, 3.05) is 0 Å². The van der Waals surface area contributed by atoms with Crippen LogP contribution in [0.3, 0.4) is 0 Å². The topological polar surface area (TPSA) is 42.1 Å². The molecule has 2 aromatic carbocycles. The molecule has 0 bridgehead atoms. The summed E-state index contributed by atoms with van der Waals surface area (Å²) in [6, 6.07) is 15.2. The minimum Gasteiger partial charge on any atom is -0.483 e. The first-order chi connectivity index (χ1) is 11.0. The smallest absolute Gasteiger partial charge is 0.190 e. The Morgan fingerprint density at radius 2 is 1.87 bits per heavy atom. The molecule has 0 amide bonds. The third kappa shape index (κ3) is 2.44. The average Bonchev–Trinajstić information content (AvgIpc) is 2.53. The number of hydrogen-bond donors (Lipinski definition) is 1. The SMILES string of the molecule is CC1(C)C=Cc2cc(-c3cc(=O)c4ccccc4[nH]3)ccc2O1. The van der Waals surface area contributed by atoms with Crippen molar-refractivity contribution >= 4 is 17.0 Å². The fraction of sp³-hybridized carbons (Fsp3) is 0.150. The minimum atomic E-state index is -0.286. The summed E-state index contributed by atoms with van der Waals surface area (Å²) in [4.78, 5) is 15.6. The summed E-state index contributed by atoms with van der Waals surface area (Å²) >= 11 is 0. The van der Waals surface area contributed by atoms with E-state index in [9.17, 15) is 4.79 Å². The van der Waals surface area contributed by atoms with E-state index in [2.05, 4.69) is 11.1 Å². The fourth-order valence-corrected chi connectivity index (χ4v) is 2.90. The zero-order valence-electron chi connectivity index (χ0n) is 13.1. The summed E-state index contributed by atoms with van der Waals surface area (Å²) in [6.07, 6.45) is 4.11. The monoisotopic (exact) mass is 303 g/mol. The van der Waals surface area contributed by atoms with Gasteiger partial charge in [-0.15, -0.1) is 0 Å². The number of pyridine rings is 1. The molecule has 1 aliphatic heterocycles. The van der Waals surface area contributed by atoms with Gasteiger partial charge in [-0.1, -0.05) is 18.2 Å². The maximum atomic E-state index is 12.3. The number of rotatable bonds is 1. The van der Waals surface area contributed by atoms with Gasteiger partial charge in [0, 0.05) is 28.2 Å². The Kier molecular flexibility index (Phi) is 2.91. The van der Waals surface area contributed by atoms with Crippen molar-refractivity contribution < 1.29 is 4.74 Å². The van der Waals surface area contributed by atoms with Gasteiger partial charge in [-0.2, -0.15) is 0 Å². The Morgan fingerprint density at radius 1 is 1.04 bits per heavy atom. The van der Waals surface area contributed by atoms with E-state index >= 15 is 0 Å². The van der Waals surface area contributed by atoms with E-state index in [4.69, 9.17) is 4.74 Å². The van der Waals surface area contributed by atoms with Crippen molar-refractivity contribution in [3.8, 4) is 17.0 Å². The van der Waals surface area contributed by atoms with E-state index in [1.165, 1.54) is 0 Å². The molecule has 0 atom stereocenters. The number of ether oxygens (including phenoxy) is 1. The van der Waals surface area contributed by atoms with Gasteiger partial charge in [0.15, 0.2) is 5.43 Å². The van der Waals surface area contributed by atoms with Crippen LogP contribution in [0.2, 0.25) is 0 Å². The van der Waals surface area contributed by atoms with Gasteiger partial charge in [-0.05, 0) is 55.8 Å². The van der Waals surface area contributed by atoms with Gasteiger partial charge in [-0.25, -0.2) is 0 Å². The van der Waals surface area contributed by atoms with Crippen molar-refractivity contribution in [1.29, 1.82) is 0 Å². The molecule has 0 fully saturated rings. The van der Waals surface area contributed by atoms with E-state index in [-0.39, 0.29) is 11.0 Å². The third-order valence-corrected chi connectivity index (χ3v) is 4.10. The van der Waals surface area contributed by atoms with Gasteiger partial charge in [0.1, 0.15) is 11.4 Å². The van der Waals surface area contributed by atoms with Crippen molar-refractivity contribution in [3.05, 3.63) is 70.4 Å². The molecule has 3 aromatic rings. The molecule has 2 heterocycles. The maximum Gasteiger partial charge on any atom is 0.190 e. The number of para-hydroxylation sites is 1. The Labute approximate surface area is 134 Å². The van der Waals surface area contributed by atoms with Gasteiger partial charge in [0.25, 0.3) is 0 Å². The number of fused-ring (bicyclic) bond motifs is 2. The van der Waals surface area contributed by atoms with Crippen LogP contribution in [0.15, 0.2) is 59.4 Å². The zero-order chi connectivity index (χ0) is 16.0. The second-order valence-electron chi connectivity index (χ2n) is 6.38. The van der Waals surface area contributed by atoms with Crippen LogP contribution in [-0.2, 0) is 0 Å². The van der Waals surface area contributed by atoms with Crippen LogP contribution < -0.4 is 10.2 Å². The lowest BCUT2D eigenvalue weighted by Crippen LogP contribution is -2.27. The maximum absolute atomic E-state index is 12.3. The molecule has 0 radical (unpaired) electrons. The second kappa shape index (κ2) is 4.85. The zero-order valence-corrected chi connectivity index (χ0v) is 13.1. The predicted octanol–water partition coefficient (Wildman–Crippen LogP) is 4.38. The number of benzene rings is 2. The fourth-order valence-electron chi connectivity index (χ4n) is 2.90. The molecule has 0 saturated heterocycles. The summed E-state index contributed by atoms with van der Waals surface area (Å²) in [5, 5.41) is 0.708. The number of aromatic nitrogens is 1. The van der Waals surface area contributed by atoms with Crippen molar-refractivity contribution in [2.45, 2.75) is 19.4 Å². The number of hydrogen-bond acceptors (Lipinski definition) is 2. The summed E-state index contributed by atoms with van der Waals surface area (Å²) in [7, 11) is 0. The average molecular weight is 303 g/mol. The minimum absolute atomic E-state index is 0.0278. The summed E-state index contributed by atoms with van der Waals surface area (Å²) in [5.41, 5.74) is 3.40. The van der Waals surface area contributed by atoms with Crippen LogP contribution in [0.1, 0.15) is 19.4 Å². The molecule has 0 spiro atoms. The highest BCUT2D eigenvalue weighted by Crippen LogP contribution is 2.33. The van der Waals surface area contributed by atoms with Crippen LogP contribution >= 0.6 is 0 Å². The molecule has 1 N–H and O–H groups in total. The number of H-pyrrole nitrogens is 1. The Bertz CT molecular complexity index is 996. The summed E-state index contributed by atoms with van der Waals surface area (Å²) < 4.78 is 5.95. The Hall–Kier alpha value is -2.81. The molecule has 4 rings (SSSR count). The van der Waals surface area contributed by atoms with Crippen molar-refractivity contribution in [3.63, 3.8) is 0 Å². The molecule has 3 heteroatoms. The van der Waals surface area contributed by atoms with Crippen molar-refractivity contribution in [1.82, 2.24) is 4.98 Å². The largest absolute Gasteiger partial charge is 0.483 e. The third-order valence-electron chi connectivity index (χ3n) is 4.10. The molecule has 0 aliphatic carbocycles. The Balaban J connectivity index is 1.85. The highest BCUT2D eigenvalue weighted by molar-refractivity contribution is 5.82. The molecular weight excluding hydrogens is 286 g/mol. The Morgan fingerprint density at radius 3 is 2.74 bits per heavy atom. The molecule has 114 valence electrons. The van der Waals surface area contributed by atoms with Crippen LogP contribution in [0.5, 0.6) is 5.75 Å². The van der Waals surface area contributed by atoms with Gasteiger partial charge in [0.2, 0.25) is 0 Å². The highest BCUT2D eigenvalue weighted by atomic mass is 16.5. The van der Waals surface area contributed by atoms with E-state index in [1.54, 1.807) is 6.07 Å². The lowest BCUT2D eigenvalue weighted by atomic mass is 9.99. The number of aromatic amines is 1. The van der Waals surface area contributed by atoms with Crippen LogP contribution in [-0.4, -0.2) is 10.6 Å². The molecule has 23 heavy (non-hydrogen) atoms. The molecule has 0 saturated carbocycles. The van der Waals surface area contributed by atoms with Crippen LogP contribution in [0.25, 0.3) is 28.2 Å². The standard InChI is InChI=1S/C20H17NO2/c1-20(2)10-9-14-11-13(7-8-19(14)23-20)17-12-18(22)15-5-3-4-6-16(15)21-17/h3-12H,1-2H3,(H,21,22). The van der Waals surface area contributed by atoms with Crippen molar-refractivity contribution in [2.24, 2.45) is 0 Å². The van der Waals surface area contributed by atoms with Gasteiger partial charge in [-0.3, -0.25) is 4.79 Å². The first kappa shape index (κ1) is 13.8. The van der Waals surface area contributed by atoms with E-state index in [0.29, 0.717) is 5.39 Å². The molecular formula is C20H17NO2. The van der Waals surface area contributed by atoms with Crippen LogP contribution in [0.4, 0.5) is 0 Å². The lowest BCUT2D eigenvalue weighted by Gasteiger charge is -2.28. The molecule has 1 aliphatic rings. The van der Waals surface area contributed by atoms with Gasteiger partial charge in [0.05, 0.1) is 0 Å². The van der Waals surface area contributed by atoms with Gasteiger partial charge < -0.3 is 9.72 Å². The molecule has 0 unspecified atom stereocenters. The molecule has 3 nitrogen and oxygen atoms in total. The molecule has 1 aromatic heterocycles. The summed E-state index contributed by atoms with van der Waals surface area (Å²) in [6.45, 7) is 4.06. The normalized spacial score (nSPS) is 15.2. The van der Waals surface area contributed by atoms with E-state index in [0.717, 1.165) is 28.1 Å². The quantitative estimate of drug-likeness (QED) is 0.725. The predicted molar refractivity (Wildman–Crippen MR) is 93.7 cm³/mol. The number of nitrogens with one attached hydrogen (secondary N) is 1. The first-order valence-corrected chi connectivity index (χ1v) is 7.67. The van der Waals surface area contributed by atoms with Crippen LogP contribution in [0, 0.1) is 0 Å². The second-order valence-corrected chi connectivity index (χ2v) is 6.38. The first-order valence-electron chi connectivity index (χ1n) is 7.67. The van der Waals surface area contributed by atoms with E-state index < -0.39 is 0 Å². The highest BCUT2D eigenvalue weighted by Gasteiger charge is 2.21. The lowest BCUT2D eigenvalue weighted by molar-refractivity contribution is 0.159.